The van der Waals surface area contributed by atoms with Crippen LogP contribution in [-0.2, 0) is 49.9 Å². The SMILES string of the molecule is COc1cc(C)cc(OC)c1[I+]c1ccc(C)cc1.Cc1c(F)c(C(=O)[O-])c(F)c(C(F)(F)F)c1F.Cc1cc(C(=O)O)c([O-])c(C(F)(F)F)c1.Cc1cc(C(=O)[O-])c(C(=O)O)c(C(F)(F)F)c1.Cc1cc([S+](c2ccccc2)c2ccccc2)cc(C)c1OCC(=O)OC1(C)C2CC3CC(C2)CC1C3.c1ccc([S+](c2ccccc2)c2ccccc2)cc1. The first kappa shape index (κ1) is 96.4. The average Bonchev–Trinajstić information content (AvgIpc) is 0.733. The molecule has 4 bridgehead atoms. The van der Waals surface area contributed by atoms with Gasteiger partial charge in [0.2, 0.25) is 0 Å². The molecule has 2 N–H and O–H groups in total. The van der Waals surface area contributed by atoms with Crippen molar-refractivity contribution in [2.75, 3.05) is 20.8 Å². The highest BCUT2D eigenvalue weighted by atomic mass is 127. The fourth-order valence-corrected chi connectivity index (χ4v) is 22.1. The van der Waals surface area contributed by atoms with Gasteiger partial charge in [-0.1, -0.05) is 114 Å². The van der Waals surface area contributed by atoms with E-state index in [0.717, 1.165) is 57.9 Å². The van der Waals surface area contributed by atoms with E-state index in [2.05, 4.69) is 235 Å². The highest BCUT2D eigenvalue weighted by molar-refractivity contribution is 7.97. The molecule has 0 amide bonds. The zero-order valence-corrected chi connectivity index (χ0v) is 72.2. The lowest BCUT2D eigenvalue weighted by atomic mass is 9.50. The predicted molar refractivity (Wildman–Crippen MR) is 433 cm³/mol. The molecule has 0 atom stereocenters. The molecular formula is C95H85F12IO14S2. The minimum atomic E-state index is -5.48. The number of carbonyl (C=O) groups excluding carboxylic acids is 3. The molecule has 124 heavy (non-hydrogen) atoms. The Labute approximate surface area is 724 Å². The van der Waals surface area contributed by atoms with Crippen LogP contribution in [0.3, 0.4) is 0 Å². The molecular weight excluding hydrogens is 1780 g/mol. The van der Waals surface area contributed by atoms with Gasteiger partial charge < -0.3 is 54.1 Å². The number of halogens is 13. The second kappa shape index (κ2) is 41.8. The van der Waals surface area contributed by atoms with Crippen LogP contribution >= 0.6 is 0 Å². The first-order chi connectivity index (χ1) is 58.4. The second-order valence-corrected chi connectivity index (χ2v) is 36.5. The number of rotatable bonds is 18. The Kier molecular flexibility index (Phi) is 32.5. The van der Waals surface area contributed by atoms with E-state index in [9.17, 15) is 92.0 Å². The van der Waals surface area contributed by atoms with Crippen LogP contribution in [0.5, 0.6) is 23.0 Å². The second-order valence-electron chi connectivity index (χ2n) is 29.6. The quantitative estimate of drug-likeness (QED) is 0.0352. The molecule has 0 aromatic heterocycles. The molecule has 29 heteroatoms. The van der Waals surface area contributed by atoms with Crippen molar-refractivity contribution in [2.45, 2.75) is 141 Å². The summed E-state index contributed by atoms with van der Waals surface area (Å²) in [5.74, 6) is -11.0. The van der Waals surface area contributed by atoms with Gasteiger partial charge in [0.05, 0.1) is 70.2 Å². The van der Waals surface area contributed by atoms with Gasteiger partial charge in [-0.3, -0.25) is 0 Å². The van der Waals surface area contributed by atoms with Gasteiger partial charge >= 0.3 is 57.6 Å². The summed E-state index contributed by atoms with van der Waals surface area (Å²) in [5, 5.41) is 49.2. The highest BCUT2D eigenvalue weighted by Crippen LogP contribution is 2.59. The predicted octanol–water partition coefficient (Wildman–Crippen LogP) is 17.4. The molecule has 4 aliphatic carbocycles. The fourth-order valence-electron chi connectivity index (χ4n) is 15.1. The van der Waals surface area contributed by atoms with Gasteiger partial charge in [0.1, 0.15) is 34.4 Å². The van der Waals surface area contributed by atoms with Crippen molar-refractivity contribution < 1.29 is 142 Å². The molecule has 0 aliphatic heterocycles. The van der Waals surface area contributed by atoms with Gasteiger partial charge in [-0.15, -0.1) is 0 Å². The van der Waals surface area contributed by atoms with Gasteiger partial charge in [0.15, 0.2) is 51.0 Å². The van der Waals surface area contributed by atoms with Crippen LogP contribution in [0, 0.1) is 96.7 Å². The molecule has 4 aliphatic rings. The summed E-state index contributed by atoms with van der Waals surface area (Å²) in [4.78, 5) is 63.1. The van der Waals surface area contributed by atoms with Crippen LogP contribution in [0.1, 0.15) is 136 Å². The molecule has 0 saturated heterocycles. The van der Waals surface area contributed by atoms with Crippen LogP contribution in [0.25, 0.3) is 0 Å². The van der Waals surface area contributed by atoms with Crippen LogP contribution in [0.4, 0.5) is 52.7 Å². The lowest BCUT2D eigenvalue weighted by Gasteiger charge is -2.59. The van der Waals surface area contributed by atoms with Crippen LogP contribution < -0.4 is 50.7 Å². The molecule has 652 valence electrons. The van der Waals surface area contributed by atoms with Crippen molar-refractivity contribution in [1.29, 1.82) is 0 Å². The molecule has 11 aromatic rings. The zero-order valence-electron chi connectivity index (χ0n) is 68.4. The number of hydrogen-bond acceptors (Lipinski definition) is 12. The number of aryl methyl sites for hydroxylation is 6. The minimum Gasteiger partial charge on any atom is -0.871 e. The lowest BCUT2D eigenvalue weighted by molar-refractivity contribution is -0.598. The van der Waals surface area contributed by atoms with Crippen LogP contribution in [0.15, 0.2) is 254 Å². The van der Waals surface area contributed by atoms with Gasteiger partial charge in [-0.25, -0.2) is 27.6 Å². The number of carbonyl (C=O) groups is 5. The van der Waals surface area contributed by atoms with Crippen molar-refractivity contribution in [1.82, 2.24) is 0 Å². The summed E-state index contributed by atoms with van der Waals surface area (Å²) >= 11 is -0.303. The summed E-state index contributed by atoms with van der Waals surface area (Å²) in [7, 11) is 3.21. The van der Waals surface area contributed by atoms with Crippen molar-refractivity contribution in [3.05, 3.63) is 327 Å². The number of methoxy groups -OCH3 is 2. The standard InChI is InChI=1S/C33H37O3S.C18H15S.C16H18IO2.C10H7F3O4.C9H4F6O2.C9H7F3O3/c1-22-14-30(37(28-10-6-4-7-11-28)29-12-8-5-9-13-29)15-23(2)32(22)35-21-31(34)36-33(3)26-17-24-16-25(19-26)20-27(33)18-24;1-4-10-16(11-5-1)19(17-12-6-2-7-13-17)18-14-8-3-9-15-18;1-11-5-7-13(8-6-11)17-16-14(18-3)9-12(2)10-15(16)19-4;1-4-2-5(8(14)15)7(9(16)17)6(3-4)10(11,12)13;1-2-5(10)3(8(16)17)7(12)4(6(2)11)9(13,14)15;1-4-2-5(8(14)15)7(13)6(3-4)9(10,11)12/h4-15,24-27H,16-21H2,1-3H3;1-15H;5-10H,1-4H3;2-3H,1H3,(H,14,15)(H,16,17);1H3,(H,16,17);2-3,13H,1H3,(H,14,15)/q3*+1;;;/p-3. The Morgan fingerprint density at radius 2 is 0.839 bits per heavy atom. The summed E-state index contributed by atoms with van der Waals surface area (Å²) in [6.07, 6.45) is -8.95. The Morgan fingerprint density at radius 3 is 1.20 bits per heavy atom. The number of carboxylic acids is 4. The molecule has 14 nitrogen and oxygen atoms in total. The lowest BCUT2D eigenvalue weighted by Crippen LogP contribution is -3.61. The number of hydrogen-bond donors (Lipinski definition) is 2. The van der Waals surface area contributed by atoms with Gasteiger partial charge in [-0.05, 0) is 248 Å². The third-order valence-electron chi connectivity index (χ3n) is 20.6. The molecule has 4 fully saturated rings. The van der Waals surface area contributed by atoms with E-state index in [1.807, 2.05) is 0 Å². The summed E-state index contributed by atoms with van der Waals surface area (Å²) in [6.45, 7) is 13.6. The van der Waals surface area contributed by atoms with E-state index in [1.54, 1.807) is 14.2 Å². The number of alkyl halides is 9. The number of benzene rings is 11. The molecule has 0 unspecified atom stereocenters. The van der Waals surface area contributed by atoms with E-state index in [0.29, 0.717) is 30.9 Å². The summed E-state index contributed by atoms with van der Waals surface area (Å²) in [5.41, 5.74) is -7.41. The van der Waals surface area contributed by atoms with E-state index in [4.69, 9.17) is 29.2 Å². The molecule has 4 saturated carbocycles. The first-order valence-corrected chi connectivity index (χ1v) is 42.9. The normalized spacial score (nSPS) is 16.1. The van der Waals surface area contributed by atoms with Crippen LogP contribution in [0.2, 0.25) is 0 Å². The maximum atomic E-state index is 13.1. The van der Waals surface area contributed by atoms with Crippen molar-refractivity contribution in [3.63, 3.8) is 0 Å². The first-order valence-electron chi connectivity index (χ1n) is 38.3. The zero-order chi connectivity index (χ0) is 91.0. The summed E-state index contributed by atoms with van der Waals surface area (Å²) < 4.78 is 176. The van der Waals surface area contributed by atoms with Crippen molar-refractivity contribution >= 4 is 51.6 Å². The van der Waals surface area contributed by atoms with Gasteiger partial charge in [0, 0.05) is 28.8 Å². The Bertz CT molecular complexity index is 5380. The molecule has 0 heterocycles. The minimum absolute atomic E-state index is 0.0125. The Morgan fingerprint density at radius 1 is 0.452 bits per heavy atom. The highest BCUT2D eigenvalue weighted by Gasteiger charge is 2.57. The van der Waals surface area contributed by atoms with E-state index in [-0.39, 0.29) is 72.3 Å². The van der Waals surface area contributed by atoms with Crippen molar-refractivity contribution in [3.8, 4) is 23.0 Å². The third-order valence-corrected chi connectivity index (χ3v) is 28.0. The summed E-state index contributed by atoms with van der Waals surface area (Å²) in [6, 6.07) is 73.7. The van der Waals surface area contributed by atoms with Gasteiger partial charge in [-0.2, -0.15) is 39.5 Å². The topological polar surface area (TPSA) is 232 Å². The van der Waals surface area contributed by atoms with Gasteiger partial charge in [0.25, 0.3) is 3.57 Å². The largest absolute Gasteiger partial charge is 0.871 e. The molecule has 0 spiro atoms. The van der Waals surface area contributed by atoms with E-state index < -0.39 is 110 Å². The van der Waals surface area contributed by atoms with E-state index in [1.165, 1.54) is 88.0 Å². The smallest absolute Gasteiger partial charge is 0.422 e. The Hall–Kier alpha value is -11.4. The average molecular weight is 1870 g/mol. The maximum absolute atomic E-state index is 13.1. The van der Waals surface area contributed by atoms with E-state index >= 15 is 0 Å². The molecule has 11 aromatic carbocycles. The number of carboxylic acid groups (broad SMARTS) is 4. The third kappa shape index (κ3) is 24.1. The molecule has 0 radical (unpaired) electrons. The molecule has 15 rings (SSSR count). The monoisotopic (exact) mass is 1870 g/mol. The van der Waals surface area contributed by atoms with Crippen molar-refractivity contribution in [2.24, 2.45) is 23.7 Å². The number of aromatic carboxylic acids is 4. The number of esters is 1. The van der Waals surface area contributed by atoms with Crippen LogP contribution in [-0.4, -0.2) is 66.5 Å². The maximum Gasteiger partial charge on any atom is 0.422 e. The Balaban J connectivity index is 0.000000175. The number of ether oxygens (including phenoxy) is 4. The fraction of sp³-hybridized carbons (Fsp3) is 0.253.